The summed E-state index contributed by atoms with van der Waals surface area (Å²) in [5.41, 5.74) is 16.2. The van der Waals surface area contributed by atoms with E-state index in [9.17, 15) is 0 Å². The van der Waals surface area contributed by atoms with E-state index in [1.807, 2.05) is 11.3 Å². The van der Waals surface area contributed by atoms with Crippen molar-refractivity contribution in [2.24, 2.45) is 0 Å². The van der Waals surface area contributed by atoms with Gasteiger partial charge in [-0.2, -0.15) is 0 Å². The van der Waals surface area contributed by atoms with Crippen molar-refractivity contribution in [3.8, 4) is 55.6 Å². The van der Waals surface area contributed by atoms with Crippen molar-refractivity contribution in [2.45, 2.75) is 6.42 Å². The maximum absolute atomic E-state index is 2.49. The summed E-state index contributed by atoms with van der Waals surface area (Å²) in [5.74, 6) is 0. The van der Waals surface area contributed by atoms with Gasteiger partial charge in [0.15, 0.2) is 0 Å². The highest BCUT2D eigenvalue weighted by Gasteiger charge is 2.27. The second-order valence-corrected chi connectivity index (χ2v) is 11.6. The van der Waals surface area contributed by atoms with Crippen molar-refractivity contribution in [3.63, 3.8) is 0 Å². The minimum Gasteiger partial charge on any atom is -0.135 e. The van der Waals surface area contributed by atoms with E-state index < -0.39 is 0 Å². The maximum Gasteiger partial charge on any atom is 0.0362 e. The largest absolute Gasteiger partial charge is 0.135 e. The number of benzene rings is 6. The highest BCUT2D eigenvalue weighted by atomic mass is 32.1. The average molecular weight is 499 g/mol. The number of hydrogen-bond acceptors (Lipinski definition) is 1. The van der Waals surface area contributed by atoms with Crippen molar-refractivity contribution < 1.29 is 0 Å². The molecular weight excluding hydrogens is 476 g/mol. The first kappa shape index (κ1) is 20.6. The zero-order valence-corrected chi connectivity index (χ0v) is 21.5. The van der Waals surface area contributed by atoms with E-state index in [1.165, 1.54) is 86.9 Å². The van der Waals surface area contributed by atoms with E-state index in [4.69, 9.17) is 0 Å². The van der Waals surface area contributed by atoms with E-state index >= 15 is 0 Å². The first-order valence-corrected chi connectivity index (χ1v) is 14.1. The topological polar surface area (TPSA) is 0 Å². The SMILES string of the molecule is c1ccc2c(c1)Cc1cc3c(cc1-2)-c1cc2c(cc1-c1ccccc1-c1ccccc1-3)sc1ccccc12. The minimum absolute atomic E-state index is 0.999. The molecular formula is C37H22S. The number of thiophene rings is 1. The molecule has 7 aromatic rings. The Labute approximate surface area is 225 Å². The van der Waals surface area contributed by atoms with Gasteiger partial charge in [0, 0.05) is 20.2 Å². The van der Waals surface area contributed by atoms with Gasteiger partial charge in [0.05, 0.1) is 0 Å². The summed E-state index contributed by atoms with van der Waals surface area (Å²) < 4.78 is 2.70. The van der Waals surface area contributed by atoms with E-state index in [-0.39, 0.29) is 0 Å². The molecule has 0 aliphatic heterocycles. The normalized spacial score (nSPS) is 12.6. The lowest BCUT2D eigenvalue weighted by Crippen LogP contribution is -1.98. The van der Waals surface area contributed by atoms with Crippen LogP contribution in [0.5, 0.6) is 0 Å². The Bertz CT molecular complexity index is 2110. The molecule has 1 aromatic heterocycles. The van der Waals surface area contributed by atoms with Gasteiger partial charge < -0.3 is 0 Å². The molecule has 1 heteroatoms. The van der Waals surface area contributed by atoms with Gasteiger partial charge >= 0.3 is 0 Å². The summed E-state index contributed by atoms with van der Waals surface area (Å²) >= 11 is 1.90. The Morgan fingerprint density at radius 1 is 0.342 bits per heavy atom. The molecule has 0 saturated carbocycles. The monoisotopic (exact) mass is 498 g/mol. The molecule has 1 heterocycles. The second kappa shape index (κ2) is 7.54. The molecule has 0 spiro atoms. The molecule has 9 rings (SSSR count). The van der Waals surface area contributed by atoms with Crippen LogP contribution in [0.25, 0.3) is 75.8 Å². The van der Waals surface area contributed by atoms with Crippen LogP contribution in [0.15, 0.2) is 121 Å². The quantitative estimate of drug-likeness (QED) is 0.195. The Morgan fingerprint density at radius 3 is 1.66 bits per heavy atom. The molecule has 0 bridgehead atoms. The average Bonchev–Trinajstić information content (AvgIpc) is 3.52. The van der Waals surface area contributed by atoms with E-state index in [0.717, 1.165) is 6.42 Å². The third-order valence-corrected chi connectivity index (χ3v) is 9.60. The van der Waals surface area contributed by atoms with Gasteiger partial charge in [-0.25, -0.2) is 0 Å². The highest BCUT2D eigenvalue weighted by molar-refractivity contribution is 7.25. The molecule has 0 fully saturated rings. The number of hydrogen-bond donors (Lipinski definition) is 0. The van der Waals surface area contributed by atoms with Crippen molar-refractivity contribution in [1.29, 1.82) is 0 Å². The predicted octanol–water partition coefficient (Wildman–Crippen LogP) is 10.6. The lowest BCUT2D eigenvalue weighted by molar-refractivity contribution is 1.26. The van der Waals surface area contributed by atoms with Gasteiger partial charge in [0.1, 0.15) is 0 Å². The zero-order valence-electron chi connectivity index (χ0n) is 20.7. The molecule has 0 saturated heterocycles. The fraction of sp³-hybridized carbons (Fsp3) is 0.0270. The van der Waals surface area contributed by atoms with Gasteiger partial charge in [0.25, 0.3) is 0 Å². The molecule has 2 aliphatic carbocycles. The molecule has 2 aliphatic rings. The van der Waals surface area contributed by atoms with Gasteiger partial charge in [-0.15, -0.1) is 11.3 Å². The lowest BCUT2D eigenvalue weighted by atomic mass is 9.79. The first-order valence-electron chi connectivity index (χ1n) is 13.2. The van der Waals surface area contributed by atoms with E-state index in [2.05, 4.69) is 121 Å². The Balaban J connectivity index is 1.47. The molecule has 6 aromatic carbocycles. The smallest absolute Gasteiger partial charge is 0.0362 e. The van der Waals surface area contributed by atoms with Crippen LogP contribution >= 0.6 is 11.3 Å². The van der Waals surface area contributed by atoms with Crippen molar-refractivity contribution >= 4 is 31.5 Å². The van der Waals surface area contributed by atoms with E-state index in [0.29, 0.717) is 0 Å². The van der Waals surface area contributed by atoms with Gasteiger partial charge in [-0.05, 0) is 104 Å². The molecule has 0 unspecified atom stereocenters. The standard InChI is InChI=1S/C37H22S/c1-2-10-24-22(9-1)17-23-18-31-27-13-5-3-11-25(27)26-12-4-6-14-28(26)34-21-37-35(20-33(34)32(31)19-30(23)24)29-15-7-8-16-36(29)38-37/h1-16,18-21H,17H2. The summed E-state index contributed by atoms with van der Waals surface area (Å²) in [5, 5.41) is 2.70. The second-order valence-electron chi connectivity index (χ2n) is 10.5. The summed E-state index contributed by atoms with van der Waals surface area (Å²) in [6.07, 6.45) is 0.999. The van der Waals surface area contributed by atoms with Crippen LogP contribution in [0.1, 0.15) is 11.1 Å². The molecule has 0 atom stereocenters. The lowest BCUT2D eigenvalue weighted by Gasteiger charge is -2.24. The van der Waals surface area contributed by atoms with E-state index in [1.54, 1.807) is 0 Å². The van der Waals surface area contributed by atoms with Crippen LogP contribution in [0, 0.1) is 0 Å². The minimum atomic E-state index is 0.999. The first-order chi connectivity index (χ1) is 18.8. The third-order valence-electron chi connectivity index (χ3n) is 8.46. The van der Waals surface area contributed by atoms with Crippen LogP contribution in [0.2, 0.25) is 0 Å². The number of rotatable bonds is 0. The summed E-state index contributed by atoms with van der Waals surface area (Å²) in [6.45, 7) is 0. The molecule has 0 N–H and O–H groups in total. The molecule has 0 nitrogen and oxygen atoms in total. The van der Waals surface area contributed by atoms with Gasteiger partial charge in [-0.1, -0.05) is 91.0 Å². The summed E-state index contributed by atoms with van der Waals surface area (Å²) in [6, 6.07) is 45.6. The molecule has 38 heavy (non-hydrogen) atoms. The van der Waals surface area contributed by atoms with Crippen molar-refractivity contribution in [1.82, 2.24) is 0 Å². The Hall–Kier alpha value is -4.46. The van der Waals surface area contributed by atoms with Crippen LogP contribution in [0.4, 0.5) is 0 Å². The summed E-state index contributed by atoms with van der Waals surface area (Å²) in [4.78, 5) is 0. The molecule has 0 radical (unpaired) electrons. The fourth-order valence-electron chi connectivity index (χ4n) is 6.75. The zero-order chi connectivity index (χ0) is 24.8. The van der Waals surface area contributed by atoms with Crippen molar-refractivity contribution in [3.05, 3.63) is 132 Å². The summed E-state index contributed by atoms with van der Waals surface area (Å²) in [7, 11) is 0. The van der Waals surface area contributed by atoms with Crippen molar-refractivity contribution in [2.75, 3.05) is 0 Å². The Morgan fingerprint density at radius 2 is 0.895 bits per heavy atom. The van der Waals surface area contributed by atoms with Crippen LogP contribution in [-0.4, -0.2) is 0 Å². The van der Waals surface area contributed by atoms with Gasteiger partial charge in [0.2, 0.25) is 0 Å². The van der Waals surface area contributed by atoms with Crippen LogP contribution in [0.3, 0.4) is 0 Å². The Kier molecular flexibility index (Phi) is 4.08. The van der Waals surface area contributed by atoms with Crippen LogP contribution < -0.4 is 0 Å². The third kappa shape index (κ3) is 2.74. The molecule has 176 valence electrons. The van der Waals surface area contributed by atoms with Crippen LogP contribution in [-0.2, 0) is 6.42 Å². The fourth-order valence-corrected chi connectivity index (χ4v) is 7.88. The van der Waals surface area contributed by atoms with Gasteiger partial charge in [-0.3, -0.25) is 0 Å². The highest BCUT2D eigenvalue weighted by Crippen LogP contribution is 2.52. The molecule has 0 amide bonds. The number of fused-ring (bicyclic) bond motifs is 14. The maximum atomic E-state index is 2.49. The predicted molar refractivity (Wildman–Crippen MR) is 163 cm³/mol.